The van der Waals surface area contributed by atoms with Gasteiger partial charge in [0.2, 0.25) is 29.5 Å². The molecule has 2 fully saturated rings. The molecule has 6 amide bonds. The number of nitrogens with one attached hydrogen (secondary N) is 4. The van der Waals surface area contributed by atoms with Gasteiger partial charge in [-0.25, -0.2) is 0 Å². The van der Waals surface area contributed by atoms with Gasteiger partial charge in [-0.15, -0.1) is 0 Å². The molecule has 0 aromatic heterocycles. The highest BCUT2D eigenvalue weighted by Gasteiger charge is 2.42. The molecule has 7 N–H and O–H groups in total. The molecule has 1 aromatic carbocycles. The molecule has 3 rings (SSSR count). The fourth-order valence-corrected chi connectivity index (χ4v) is 7.26. The third kappa shape index (κ3) is 13.1. The van der Waals surface area contributed by atoms with E-state index in [2.05, 4.69) is 21.3 Å². The Morgan fingerprint density at radius 1 is 0.887 bits per heavy atom. The summed E-state index contributed by atoms with van der Waals surface area (Å²) in [7, 11) is 1.42. The second-order valence-electron chi connectivity index (χ2n) is 15.1. The number of carbonyl (C=O) groups excluding carboxylic acids is 6. The summed E-state index contributed by atoms with van der Waals surface area (Å²) in [6, 6.07) is 4.61. The third-order valence-corrected chi connectivity index (χ3v) is 10.6. The quantitative estimate of drug-likeness (QED) is 0.116. The van der Waals surface area contributed by atoms with Crippen LogP contribution in [0.25, 0.3) is 0 Å². The fraction of sp³-hybridized carbons (Fsp3) is 0.692. The van der Waals surface area contributed by atoms with Crippen molar-refractivity contribution in [2.45, 2.75) is 135 Å². The van der Waals surface area contributed by atoms with Crippen LogP contribution in [0.3, 0.4) is 0 Å². The van der Waals surface area contributed by atoms with Gasteiger partial charge in [0.25, 0.3) is 5.91 Å². The Balaban J connectivity index is 1.75. The van der Waals surface area contributed by atoms with Gasteiger partial charge in [-0.2, -0.15) is 0 Å². The van der Waals surface area contributed by atoms with Gasteiger partial charge in [0.15, 0.2) is 6.10 Å². The summed E-state index contributed by atoms with van der Waals surface area (Å²) >= 11 is 0. The number of methoxy groups -OCH3 is 1. The van der Waals surface area contributed by atoms with E-state index in [1.807, 2.05) is 44.2 Å². The van der Waals surface area contributed by atoms with E-state index in [0.717, 1.165) is 37.7 Å². The first-order chi connectivity index (χ1) is 25.3. The standard InChI is InChI=1S/C39H62N6O8/c1-6-25(4)33(38(51)43-32(24(2)3)35(40)48)44-37(50)30-18-13-21-45(30)39(52)34(47)28(22-27-16-11-8-12-17-27)42-36(49)29(23-53-5)41-31(46)20-19-26-14-9-7-10-15-26/h7,9-10,14-15,24-25,27-30,32-34,47H,6,8,11-13,16-23H2,1-5H3,(H2,40,48)(H,41,46)(H,42,49)(H,43,51)(H,44,50)/t25-,28+,29+,30+,32+,33+,34+/m1/s1. The number of aliphatic hydroxyl groups is 1. The van der Waals surface area contributed by atoms with Gasteiger partial charge in [0, 0.05) is 20.1 Å². The first kappa shape index (κ1) is 43.4. The van der Waals surface area contributed by atoms with Crippen LogP contribution in [0.5, 0.6) is 0 Å². The molecule has 1 aliphatic carbocycles. The number of carbonyl (C=O) groups is 6. The first-order valence-electron chi connectivity index (χ1n) is 19.3. The first-order valence-corrected chi connectivity index (χ1v) is 19.3. The molecular weight excluding hydrogens is 680 g/mol. The highest BCUT2D eigenvalue weighted by molar-refractivity contribution is 5.95. The lowest BCUT2D eigenvalue weighted by Gasteiger charge is -2.34. The highest BCUT2D eigenvalue weighted by Crippen LogP contribution is 2.29. The number of nitrogens with zero attached hydrogens (tertiary/aromatic N) is 1. The lowest BCUT2D eigenvalue weighted by molar-refractivity contribution is -0.148. The van der Waals surface area contributed by atoms with Gasteiger partial charge < -0.3 is 41.7 Å². The fourth-order valence-electron chi connectivity index (χ4n) is 7.26. The van der Waals surface area contributed by atoms with Crippen LogP contribution in [0.4, 0.5) is 0 Å². The van der Waals surface area contributed by atoms with Crippen LogP contribution in [0.2, 0.25) is 0 Å². The van der Waals surface area contributed by atoms with Crippen molar-refractivity contribution >= 4 is 35.4 Å². The van der Waals surface area contributed by atoms with Crippen LogP contribution in [0.15, 0.2) is 30.3 Å². The molecule has 14 nitrogen and oxygen atoms in total. The Bertz CT molecular complexity index is 1370. The lowest BCUT2D eigenvalue weighted by atomic mass is 9.83. The van der Waals surface area contributed by atoms with Crippen molar-refractivity contribution in [3.05, 3.63) is 35.9 Å². The van der Waals surface area contributed by atoms with Crippen molar-refractivity contribution in [3.63, 3.8) is 0 Å². The van der Waals surface area contributed by atoms with Crippen LogP contribution in [0, 0.1) is 17.8 Å². The molecule has 14 heteroatoms. The zero-order chi connectivity index (χ0) is 39.1. The minimum absolute atomic E-state index is 0.111. The number of hydrogen-bond donors (Lipinski definition) is 6. The number of rotatable bonds is 20. The molecule has 296 valence electrons. The smallest absolute Gasteiger partial charge is 0.254 e. The molecule has 0 radical (unpaired) electrons. The molecule has 1 saturated carbocycles. The molecule has 2 aliphatic rings. The van der Waals surface area contributed by atoms with E-state index in [0.29, 0.717) is 32.1 Å². The van der Waals surface area contributed by atoms with Crippen molar-refractivity contribution in [1.82, 2.24) is 26.2 Å². The van der Waals surface area contributed by atoms with Crippen LogP contribution >= 0.6 is 0 Å². The van der Waals surface area contributed by atoms with Gasteiger partial charge in [-0.05, 0) is 49.0 Å². The van der Waals surface area contributed by atoms with Crippen LogP contribution < -0.4 is 27.0 Å². The number of hydrogen-bond acceptors (Lipinski definition) is 8. The minimum atomic E-state index is -1.66. The summed E-state index contributed by atoms with van der Waals surface area (Å²) in [6.07, 6.45) is 5.60. The van der Waals surface area contributed by atoms with Gasteiger partial charge >= 0.3 is 0 Å². The maximum atomic E-state index is 14.0. The predicted molar refractivity (Wildman–Crippen MR) is 200 cm³/mol. The summed E-state index contributed by atoms with van der Waals surface area (Å²) in [5, 5.41) is 22.7. The van der Waals surface area contributed by atoms with Crippen LogP contribution in [-0.2, 0) is 39.9 Å². The number of likely N-dealkylation sites (tertiary alicyclic amines) is 1. The molecule has 0 bridgehead atoms. The van der Waals surface area contributed by atoms with Gasteiger partial charge in [0.1, 0.15) is 24.2 Å². The normalized spacial score (nSPS) is 19.7. The molecule has 1 heterocycles. The Morgan fingerprint density at radius 2 is 1.57 bits per heavy atom. The van der Waals surface area contributed by atoms with E-state index >= 15 is 0 Å². The zero-order valence-electron chi connectivity index (χ0n) is 32.1. The van der Waals surface area contributed by atoms with E-state index in [1.54, 1.807) is 13.8 Å². The lowest BCUT2D eigenvalue weighted by Crippen LogP contribution is -2.60. The molecule has 0 unspecified atom stereocenters. The number of amides is 6. The Kier molecular flexibility index (Phi) is 17.7. The summed E-state index contributed by atoms with van der Waals surface area (Å²) < 4.78 is 5.26. The summed E-state index contributed by atoms with van der Waals surface area (Å²) in [5.41, 5.74) is 6.50. The molecule has 0 spiro atoms. The van der Waals surface area contributed by atoms with Gasteiger partial charge in [-0.3, -0.25) is 28.8 Å². The summed E-state index contributed by atoms with van der Waals surface area (Å²) in [4.78, 5) is 81.0. The average molecular weight is 743 g/mol. The van der Waals surface area contributed by atoms with Crippen molar-refractivity contribution in [1.29, 1.82) is 0 Å². The van der Waals surface area contributed by atoms with E-state index in [-0.39, 0.29) is 43.2 Å². The van der Waals surface area contributed by atoms with Crippen LogP contribution in [-0.4, -0.2) is 102 Å². The monoisotopic (exact) mass is 742 g/mol. The number of ether oxygens (including phenoxy) is 1. The van der Waals surface area contributed by atoms with Crippen molar-refractivity contribution in [2.75, 3.05) is 20.3 Å². The second kappa shape index (κ2) is 21.6. The van der Waals surface area contributed by atoms with Gasteiger partial charge in [0.05, 0.1) is 12.6 Å². The molecule has 1 saturated heterocycles. The number of nitrogens with two attached hydrogens (primary N) is 1. The van der Waals surface area contributed by atoms with Crippen molar-refractivity contribution in [2.24, 2.45) is 23.5 Å². The van der Waals surface area contributed by atoms with Crippen LogP contribution in [0.1, 0.15) is 97.5 Å². The second-order valence-corrected chi connectivity index (χ2v) is 15.1. The molecule has 1 aromatic rings. The molecule has 1 aliphatic heterocycles. The predicted octanol–water partition coefficient (Wildman–Crippen LogP) is 1.71. The molecule has 53 heavy (non-hydrogen) atoms. The maximum absolute atomic E-state index is 14.0. The van der Waals surface area contributed by atoms with E-state index in [9.17, 15) is 33.9 Å². The van der Waals surface area contributed by atoms with E-state index in [1.165, 1.54) is 12.0 Å². The Labute approximate surface area is 314 Å². The third-order valence-electron chi connectivity index (χ3n) is 10.6. The minimum Gasteiger partial charge on any atom is -0.382 e. The number of benzene rings is 1. The maximum Gasteiger partial charge on any atom is 0.254 e. The van der Waals surface area contributed by atoms with E-state index in [4.69, 9.17) is 10.5 Å². The number of aliphatic hydroxyl groups excluding tert-OH is 1. The number of aryl methyl sites for hydroxylation is 1. The zero-order valence-corrected chi connectivity index (χ0v) is 32.1. The average Bonchev–Trinajstić information content (AvgIpc) is 3.64. The SMILES string of the molecule is CC[C@@H](C)[C@H](NC(=O)[C@@H]1CCCN1C(=O)[C@@H](O)[C@H](CC1CCCCC1)NC(=O)[C@H](COC)NC(=O)CCc1ccccc1)C(=O)N[C@H](C(N)=O)C(C)C. The summed E-state index contributed by atoms with van der Waals surface area (Å²) in [6.45, 7) is 7.29. The van der Waals surface area contributed by atoms with Gasteiger partial charge in [-0.1, -0.05) is 96.6 Å². The molecular formula is C39H62N6O8. The number of primary amides is 1. The van der Waals surface area contributed by atoms with Crippen molar-refractivity contribution in [3.8, 4) is 0 Å². The Morgan fingerprint density at radius 3 is 2.17 bits per heavy atom. The van der Waals surface area contributed by atoms with Crippen molar-refractivity contribution < 1.29 is 38.6 Å². The Hall–Kier alpha value is -4.04. The highest BCUT2D eigenvalue weighted by atomic mass is 16.5. The topological polar surface area (TPSA) is 209 Å². The van der Waals surface area contributed by atoms with E-state index < -0.39 is 65.8 Å². The largest absolute Gasteiger partial charge is 0.382 e. The summed E-state index contributed by atoms with van der Waals surface area (Å²) in [5.74, 6) is -3.79. The molecule has 7 atom stereocenters.